The van der Waals surface area contributed by atoms with E-state index in [2.05, 4.69) is 230 Å². The number of halogens is 6. The van der Waals surface area contributed by atoms with E-state index in [1.807, 2.05) is 27.7 Å². The maximum Gasteiger partial charge on any atom is 0.386 e. The van der Waals surface area contributed by atoms with E-state index in [0.29, 0.717) is 0 Å². The van der Waals surface area contributed by atoms with E-state index in [9.17, 15) is 22.0 Å². The first-order valence-electron chi connectivity index (χ1n) is 22.6. The van der Waals surface area contributed by atoms with Crippen LogP contribution in [0.4, 0.5) is 26.7 Å². The van der Waals surface area contributed by atoms with Gasteiger partial charge >= 0.3 is 6.18 Å². The molecule has 0 saturated carbocycles. The molecule has 0 aromatic heterocycles. The Morgan fingerprint density at radius 1 is 0.358 bits per heavy atom. The zero-order valence-electron chi connectivity index (χ0n) is 45.0. The van der Waals surface area contributed by atoms with Gasteiger partial charge in [0.1, 0.15) is 0 Å². The van der Waals surface area contributed by atoms with Crippen molar-refractivity contribution >= 4 is 0 Å². The minimum absolute atomic E-state index is 0. The van der Waals surface area contributed by atoms with Crippen LogP contribution < -0.4 is 0 Å². The third-order valence-corrected chi connectivity index (χ3v) is 8.42. The molecule has 0 amide bonds. The lowest BCUT2D eigenvalue weighted by Crippen LogP contribution is -1.95. The maximum atomic E-state index is 10.4. The highest BCUT2D eigenvalue weighted by molar-refractivity contribution is 5.37. The lowest BCUT2D eigenvalue weighted by Gasteiger charge is -2.06. The Hall–Kier alpha value is -5.61. The quantitative estimate of drug-likeness (QED) is 0.139. The highest BCUT2D eigenvalue weighted by Gasteiger charge is 2.15. The summed E-state index contributed by atoms with van der Waals surface area (Å²) in [4.78, 5) is 0. The van der Waals surface area contributed by atoms with E-state index in [4.69, 9.17) is 5.26 Å². The Balaban J connectivity index is -0.000000157. The van der Waals surface area contributed by atoms with Crippen molar-refractivity contribution in [3.63, 3.8) is 0 Å². The van der Waals surface area contributed by atoms with Crippen LogP contribution in [0.3, 0.4) is 0 Å². The molecule has 0 aliphatic rings. The van der Waals surface area contributed by atoms with Gasteiger partial charge in [0, 0.05) is 13.8 Å². The number of nitrogens with zero attached hydrogens (tertiary/aromatic N) is 1. The smallest absolute Gasteiger partial charge is 0.269 e. The van der Waals surface area contributed by atoms with Crippen molar-refractivity contribution in [2.24, 2.45) is 0 Å². The maximum absolute atomic E-state index is 10.4. The average molecular weight is 936 g/mol. The first-order valence-corrected chi connectivity index (χ1v) is 22.6. The van der Waals surface area contributed by atoms with E-state index >= 15 is 0 Å². The summed E-state index contributed by atoms with van der Waals surface area (Å²) < 4.78 is 51.7. The van der Waals surface area contributed by atoms with Crippen LogP contribution in [-0.4, -0.2) is 12.6 Å². The van der Waals surface area contributed by atoms with E-state index in [1.54, 1.807) is 6.07 Å². The Kier molecular flexibility index (Phi) is 49.6. The molecule has 0 fully saturated rings. The van der Waals surface area contributed by atoms with Gasteiger partial charge in [0.15, 0.2) is 0 Å². The first-order chi connectivity index (χ1) is 30.7. The molecule has 0 N–H and O–H groups in total. The van der Waals surface area contributed by atoms with Crippen molar-refractivity contribution in [2.75, 3.05) is 0 Å². The van der Waals surface area contributed by atoms with Gasteiger partial charge in [0.25, 0.3) is 0 Å². The summed E-state index contributed by atoms with van der Waals surface area (Å²) in [7, 11) is 0. The SMILES string of the molecule is CC.CC.CC#N.CC(F)(F)F.CC(F)F.Cc1ccc(C)c(C)c1C.Cc1ccc(C)cc1.Cc1ccc(C)cc1.Cc1ccc(C)cc1.Cc1ccc(C)cc1.Cc1ccc(C)cc1.F. The topological polar surface area (TPSA) is 23.8 Å². The molecule has 0 atom stereocenters. The zero-order chi connectivity index (χ0) is 52.4. The molecule has 6 aromatic carbocycles. The highest BCUT2D eigenvalue weighted by atomic mass is 19.4. The number of nitriles is 1. The third-order valence-electron chi connectivity index (χ3n) is 8.42. The van der Waals surface area contributed by atoms with Gasteiger partial charge < -0.3 is 0 Å². The largest absolute Gasteiger partial charge is 0.386 e. The molecule has 0 saturated heterocycles. The summed E-state index contributed by atoms with van der Waals surface area (Å²) in [5.74, 6) is 0. The van der Waals surface area contributed by atoms with Gasteiger partial charge in [-0.25, -0.2) is 8.78 Å². The van der Waals surface area contributed by atoms with Crippen molar-refractivity contribution in [1.29, 1.82) is 5.26 Å². The standard InChI is InChI=1S/C10H14.5C8H10.C2H3F3.C2H4F2.C2H3N.2C2H6.FH/c1-7-5-6-8(2)10(4)9(7)3;5*1-7-3-5-8(2)6-4-7;1-2(3,4)5;1-2(3)4;1-2-3;2*1-2;/h5-6H,1-4H3;5*3-6H,1-2H3;1H3;2H,1H3;1H3;2*1-2H3;1H. The fourth-order valence-electron chi connectivity index (χ4n) is 4.28. The fraction of sp³-hybridized carbons (Fsp3) is 0.383. The average Bonchev–Trinajstić information content (AvgIpc) is 3.26. The summed E-state index contributed by atoms with van der Waals surface area (Å²) in [5.41, 5.74) is 18.9. The Labute approximate surface area is 405 Å². The second kappa shape index (κ2) is 45.5. The molecule has 6 rings (SSSR count). The summed E-state index contributed by atoms with van der Waals surface area (Å²) in [6, 6.07) is 48.5. The van der Waals surface area contributed by atoms with Gasteiger partial charge in [-0.1, -0.05) is 217 Å². The lowest BCUT2D eigenvalue weighted by molar-refractivity contribution is -0.110. The highest BCUT2D eigenvalue weighted by Crippen LogP contribution is 2.15. The second-order valence-electron chi connectivity index (χ2n) is 15.2. The van der Waals surface area contributed by atoms with Crippen LogP contribution in [0.25, 0.3) is 0 Å². The molecule has 0 unspecified atom stereocenters. The molecular formula is C60H87F6N. The third kappa shape index (κ3) is 54.6. The number of alkyl halides is 5. The van der Waals surface area contributed by atoms with Crippen LogP contribution in [0.5, 0.6) is 0 Å². The van der Waals surface area contributed by atoms with Crippen LogP contribution in [-0.2, 0) is 0 Å². The molecule has 0 bridgehead atoms. The number of rotatable bonds is 0. The predicted molar refractivity (Wildman–Crippen MR) is 285 cm³/mol. The Morgan fingerprint density at radius 3 is 0.507 bits per heavy atom. The monoisotopic (exact) mass is 936 g/mol. The van der Waals surface area contributed by atoms with Crippen LogP contribution >= 0.6 is 0 Å². The van der Waals surface area contributed by atoms with Gasteiger partial charge in [-0.05, 0) is 126 Å². The van der Waals surface area contributed by atoms with Gasteiger partial charge in [0.05, 0.1) is 6.07 Å². The number of aryl methyl sites for hydroxylation is 12. The molecule has 1 nitrogen and oxygen atoms in total. The summed E-state index contributed by atoms with van der Waals surface area (Å²) in [5, 5.41) is 7.32. The fourth-order valence-corrected chi connectivity index (χ4v) is 4.28. The van der Waals surface area contributed by atoms with Crippen LogP contribution in [0.1, 0.15) is 126 Å². The minimum atomic E-state index is -4.00. The number of hydrogen-bond donors (Lipinski definition) is 0. The summed E-state index contributed by atoms with van der Waals surface area (Å²) >= 11 is 0. The van der Waals surface area contributed by atoms with E-state index in [0.717, 1.165) is 6.92 Å². The van der Waals surface area contributed by atoms with Gasteiger partial charge in [-0.15, -0.1) is 0 Å². The van der Waals surface area contributed by atoms with Crippen LogP contribution in [0, 0.1) is 108 Å². The molecule has 0 aliphatic heterocycles. The van der Waals surface area contributed by atoms with Crippen molar-refractivity contribution in [1.82, 2.24) is 0 Å². The first kappa shape index (κ1) is 73.0. The molecule has 0 heterocycles. The van der Waals surface area contributed by atoms with Gasteiger partial charge in [0.2, 0.25) is 6.43 Å². The molecule has 374 valence electrons. The minimum Gasteiger partial charge on any atom is -0.269 e. The lowest BCUT2D eigenvalue weighted by atomic mass is 10.0. The van der Waals surface area contributed by atoms with Crippen molar-refractivity contribution in [3.05, 3.63) is 211 Å². The van der Waals surface area contributed by atoms with Crippen molar-refractivity contribution in [3.8, 4) is 6.07 Å². The molecule has 0 aliphatic carbocycles. The predicted octanol–water partition coefficient (Wildman–Crippen LogP) is 20.0. The van der Waals surface area contributed by atoms with E-state index in [1.165, 1.54) is 84.8 Å². The Bertz CT molecular complexity index is 1630. The molecule has 67 heavy (non-hydrogen) atoms. The summed E-state index contributed by atoms with van der Waals surface area (Å²) in [6.45, 7) is 40.1. The van der Waals surface area contributed by atoms with Crippen LogP contribution in [0.2, 0.25) is 0 Å². The van der Waals surface area contributed by atoms with Gasteiger partial charge in [-0.2, -0.15) is 18.4 Å². The van der Waals surface area contributed by atoms with Crippen molar-refractivity contribution < 1.29 is 26.7 Å². The second-order valence-corrected chi connectivity index (χ2v) is 15.2. The molecule has 0 radical (unpaired) electrons. The van der Waals surface area contributed by atoms with E-state index < -0.39 is 12.6 Å². The number of benzene rings is 6. The molecular weight excluding hydrogens is 849 g/mol. The summed E-state index contributed by atoms with van der Waals surface area (Å²) in [6.07, 6.45) is -6.17. The number of hydrogen-bond acceptors (Lipinski definition) is 1. The molecule has 0 spiro atoms. The normalized spacial score (nSPS) is 8.75. The van der Waals surface area contributed by atoms with Gasteiger partial charge in [-0.3, -0.25) is 4.70 Å². The zero-order valence-corrected chi connectivity index (χ0v) is 45.0. The van der Waals surface area contributed by atoms with E-state index in [-0.39, 0.29) is 11.6 Å². The Morgan fingerprint density at radius 2 is 0.433 bits per heavy atom. The van der Waals surface area contributed by atoms with Crippen LogP contribution in [0.15, 0.2) is 133 Å². The molecule has 7 heteroatoms. The molecule has 6 aromatic rings. The van der Waals surface area contributed by atoms with Crippen molar-refractivity contribution in [2.45, 2.75) is 158 Å².